The first-order chi connectivity index (χ1) is 13.2. The van der Waals surface area contributed by atoms with Crippen LogP contribution in [-0.2, 0) is 15.8 Å². The fraction of sp³-hybridized carbons (Fsp3) is 0.412. The molecule has 0 aliphatic rings. The molecule has 0 saturated heterocycles. The molecule has 0 radical (unpaired) electrons. The summed E-state index contributed by atoms with van der Waals surface area (Å²) in [6.45, 7) is 3.87. The minimum atomic E-state index is -4.42. The van der Waals surface area contributed by atoms with Gasteiger partial charge in [0.05, 0.1) is 11.3 Å². The number of nitrogens with zero attached hydrogens (tertiary/aromatic N) is 2. The average Bonchev–Trinajstić information content (AvgIpc) is 3.08. The Hall–Kier alpha value is -2.14. The first-order valence-electron chi connectivity index (χ1n) is 8.47. The number of nitrogens with one attached hydrogen (secondary N) is 2. The van der Waals surface area contributed by atoms with E-state index >= 15 is 0 Å². The van der Waals surface area contributed by atoms with E-state index in [1.807, 2.05) is 13.8 Å². The quantitative estimate of drug-likeness (QED) is 0.468. The summed E-state index contributed by atoms with van der Waals surface area (Å²) in [5, 5.41) is 13.4. The van der Waals surface area contributed by atoms with E-state index in [4.69, 9.17) is 0 Å². The van der Waals surface area contributed by atoms with Gasteiger partial charge in [-0.3, -0.25) is 9.59 Å². The number of rotatable bonds is 8. The number of amides is 2. The van der Waals surface area contributed by atoms with Gasteiger partial charge < -0.3 is 10.6 Å². The van der Waals surface area contributed by atoms with Gasteiger partial charge >= 0.3 is 6.18 Å². The van der Waals surface area contributed by atoms with Crippen LogP contribution in [-0.4, -0.2) is 27.8 Å². The average molecular weight is 432 g/mol. The monoisotopic (exact) mass is 432 g/mol. The van der Waals surface area contributed by atoms with Gasteiger partial charge in [0.25, 0.3) is 0 Å². The van der Waals surface area contributed by atoms with Crippen LogP contribution >= 0.6 is 23.1 Å². The predicted molar refractivity (Wildman–Crippen MR) is 103 cm³/mol. The van der Waals surface area contributed by atoms with Crippen LogP contribution in [0.3, 0.4) is 0 Å². The lowest BCUT2D eigenvalue weighted by Crippen LogP contribution is -2.21. The Balaban J connectivity index is 1.83. The molecule has 2 N–H and O–H groups in total. The maximum Gasteiger partial charge on any atom is 0.416 e. The van der Waals surface area contributed by atoms with Crippen molar-refractivity contribution in [1.29, 1.82) is 0 Å². The molecule has 0 aliphatic heterocycles. The van der Waals surface area contributed by atoms with Gasteiger partial charge in [0, 0.05) is 11.6 Å². The van der Waals surface area contributed by atoms with Crippen LogP contribution in [0.4, 0.5) is 24.0 Å². The number of aromatic nitrogens is 2. The molecule has 1 aromatic carbocycles. The van der Waals surface area contributed by atoms with Gasteiger partial charge in [0.1, 0.15) is 0 Å². The molecule has 0 atom stereocenters. The third kappa shape index (κ3) is 6.48. The molecular weight excluding hydrogens is 413 g/mol. The van der Waals surface area contributed by atoms with Crippen molar-refractivity contribution < 1.29 is 22.8 Å². The standard InChI is InChI=1S/C17H19F3N4O2S2/c1-3-10(4-2)14(26)22-15-23-24-16(28-15)27-9-13(25)21-12-7-5-11(6-8-12)17(18,19)20/h5-8,10H,3-4,9H2,1-2H3,(H,21,25)(H,22,23,26). The molecule has 2 aromatic rings. The summed E-state index contributed by atoms with van der Waals surface area (Å²) in [4.78, 5) is 24.0. The third-order valence-electron chi connectivity index (χ3n) is 3.82. The number of anilines is 2. The highest BCUT2D eigenvalue weighted by atomic mass is 32.2. The van der Waals surface area contributed by atoms with E-state index in [0.717, 1.165) is 48.1 Å². The first kappa shape index (κ1) is 22.2. The van der Waals surface area contributed by atoms with Crippen LogP contribution in [0.1, 0.15) is 32.3 Å². The number of benzene rings is 1. The summed E-state index contributed by atoms with van der Waals surface area (Å²) in [6, 6.07) is 4.20. The molecule has 2 rings (SSSR count). The molecule has 28 heavy (non-hydrogen) atoms. The second kappa shape index (κ2) is 9.87. The smallest absolute Gasteiger partial charge is 0.325 e. The van der Waals surface area contributed by atoms with Gasteiger partial charge in [-0.2, -0.15) is 13.2 Å². The summed E-state index contributed by atoms with van der Waals surface area (Å²) in [5.74, 6) is -0.578. The summed E-state index contributed by atoms with van der Waals surface area (Å²) in [7, 11) is 0. The summed E-state index contributed by atoms with van der Waals surface area (Å²) in [5.41, 5.74) is -0.509. The third-order valence-corrected chi connectivity index (χ3v) is 5.79. The maximum atomic E-state index is 12.5. The predicted octanol–water partition coefficient (Wildman–Crippen LogP) is 4.66. The van der Waals surface area contributed by atoms with Gasteiger partial charge in [-0.05, 0) is 37.1 Å². The fourth-order valence-corrected chi connectivity index (χ4v) is 3.81. The molecule has 11 heteroatoms. The number of hydrogen-bond donors (Lipinski definition) is 2. The van der Waals surface area contributed by atoms with Gasteiger partial charge in [-0.25, -0.2) is 0 Å². The molecule has 0 aliphatic carbocycles. The molecule has 1 aromatic heterocycles. The topological polar surface area (TPSA) is 84.0 Å². The molecule has 0 saturated carbocycles. The lowest BCUT2D eigenvalue weighted by molar-refractivity contribution is -0.137. The molecule has 6 nitrogen and oxygen atoms in total. The van der Waals surface area contributed by atoms with E-state index in [9.17, 15) is 22.8 Å². The van der Waals surface area contributed by atoms with E-state index in [1.165, 1.54) is 12.1 Å². The highest BCUT2D eigenvalue weighted by molar-refractivity contribution is 8.01. The number of carbonyl (C=O) groups is 2. The van der Waals surface area contributed by atoms with Crippen molar-refractivity contribution in [3.05, 3.63) is 29.8 Å². The minimum absolute atomic E-state index is 0.0101. The van der Waals surface area contributed by atoms with Crippen molar-refractivity contribution >= 4 is 45.7 Å². The Morgan fingerprint density at radius 2 is 1.75 bits per heavy atom. The zero-order valence-electron chi connectivity index (χ0n) is 15.2. The van der Waals surface area contributed by atoms with Crippen molar-refractivity contribution in [2.75, 3.05) is 16.4 Å². The number of carbonyl (C=O) groups excluding carboxylic acids is 2. The molecule has 0 fully saturated rings. The highest BCUT2D eigenvalue weighted by Crippen LogP contribution is 2.30. The Kier molecular flexibility index (Phi) is 7.81. The van der Waals surface area contributed by atoms with E-state index in [-0.39, 0.29) is 29.2 Å². The van der Waals surface area contributed by atoms with E-state index in [2.05, 4.69) is 20.8 Å². The Morgan fingerprint density at radius 1 is 1.11 bits per heavy atom. The SMILES string of the molecule is CCC(CC)C(=O)Nc1nnc(SCC(=O)Nc2ccc(C(F)(F)F)cc2)s1. The molecule has 0 spiro atoms. The van der Waals surface area contributed by atoms with Crippen molar-refractivity contribution in [1.82, 2.24) is 10.2 Å². The van der Waals surface area contributed by atoms with E-state index in [1.54, 1.807) is 0 Å². The molecule has 152 valence electrons. The molecule has 0 unspecified atom stereocenters. The van der Waals surface area contributed by atoms with Crippen LogP contribution in [0.25, 0.3) is 0 Å². The van der Waals surface area contributed by atoms with E-state index in [0.29, 0.717) is 9.47 Å². The number of hydrogen-bond acceptors (Lipinski definition) is 6. The zero-order chi connectivity index (χ0) is 20.7. The van der Waals surface area contributed by atoms with Crippen LogP contribution < -0.4 is 10.6 Å². The Bertz CT molecular complexity index is 805. The van der Waals surface area contributed by atoms with Crippen LogP contribution in [0, 0.1) is 5.92 Å². The van der Waals surface area contributed by atoms with Gasteiger partial charge in [-0.1, -0.05) is 36.9 Å². The number of halogens is 3. The van der Waals surface area contributed by atoms with Crippen LogP contribution in [0.5, 0.6) is 0 Å². The van der Waals surface area contributed by atoms with Gasteiger partial charge in [-0.15, -0.1) is 10.2 Å². The Morgan fingerprint density at radius 3 is 2.32 bits per heavy atom. The molecular formula is C17H19F3N4O2S2. The second-order valence-electron chi connectivity index (χ2n) is 5.79. The van der Waals surface area contributed by atoms with Gasteiger partial charge in [0.15, 0.2) is 4.34 Å². The lowest BCUT2D eigenvalue weighted by atomic mass is 10.0. The largest absolute Gasteiger partial charge is 0.416 e. The highest BCUT2D eigenvalue weighted by Gasteiger charge is 2.30. The second-order valence-corrected chi connectivity index (χ2v) is 7.99. The Labute approximate surface area is 168 Å². The maximum absolute atomic E-state index is 12.5. The fourth-order valence-electron chi connectivity index (χ4n) is 2.25. The number of alkyl halides is 3. The zero-order valence-corrected chi connectivity index (χ0v) is 16.8. The molecule has 2 amide bonds. The summed E-state index contributed by atoms with van der Waals surface area (Å²) < 4.78 is 38.1. The minimum Gasteiger partial charge on any atom is -0.325 e. The van der Waals surface area contributed by atoms with Crippen molar-refractivity contribution in [3.63, 3.8) is 0 Å². The first-order valence-corrected chi connectivity index (χ1v) is 10.3. The van der Waals surface area contributed by atoms with Crippen molar-refractivity contribution in [3.8, 4) is 0 Å². The summed E-state index contributed by atoms with van der Waals surface area (Å²) in [6.07, 6.45) is -2.96. The van der Waals surface area contributed by atoms with Crippen LogP contribution in [0.15, 0.2) is 28.6 Å². The molecule has 0 bridgehead atoms. The number of thioether (sulfide) groups is 1. The van der Waals surface area contributed by atoms with E-state index < -0.39 is 11.7 Å². The van der Waals surface area contributed by atoms with Crippen LogP contribution in [0.2, 0.25) is 0 Å². The normalized spacial score (nSPS) is 11.5. The molecule has 1 heterocycles. The van der Waals surface area contributed by atoms with Crippen molar-refractivity contribution in [2.24, 2.45) is 5.92 Å². The summed E-state index contributed by atoms with van der Waals surface area (Å²) >= 11 is 2.28. The van der Waals surface area contributed by atoms with Crippen molar-refractivity contribution in [2.45, 2.75) is 37.2 Å². The van der Waals surface area contributed by atoms with Gasteiger partial charge in [0.2, 0.25) is 16.9 Å². The lowest BCUT2D eigenvalue weighted by Gasteiger charge is -2.09.